The first-order valence-corrected chi connectivity index (χ1v) is 9.96. The summed E-state index contributed by atoms with van der Waals surface area (Å²) in [6.45, 7) is 2.77. The van der Waals surface area contributed by atoms with Crippen LogP contribution in [0.5, 0.6) is 11.5 Å². The quantitative estimate of drug-likeness (QED) is 0.489. The van der Waals surface area contributed by atoms with Crippen LogP contribution in [0.1, 0.15) is 36.1 Å². The van der Waals surface area contributed by atoms with Gasteiger partial charge in [0.05, 0.1) is 19.1 Å². The third-order valence-corrected chi connectivity index (χ3v) is 4.49. The Morgan fingerprint density at radius 3 is 1.97 bits per heavy atom. The van der Waals surface area contributed by atoms with Gasteiger partial charge in [0.15, 0.2) is 11.5 Å². The van der Waals surface area contributed by atoms with Gasteiger partial charge in [-0.3, -0.25) is 4.79 Å². The van der Waals surface area contributed by atoms with Crippen LogP contribution >= 0.6 is 0 Å². The van der Waals surface area contributed by atoms with E-state index < -0.39 is 12.1 Å². The van der Waals surface area contributed by atoms with Crippen molar-refractivity contribution in [3.63, 3.8) is 0 Å². The molecule has 0 fully saturated rings. The van der Waals surface area contributed by atoms with Crippen LogP contribution < -0.4 is 9.47 Å². The number of aliphatic hydroxyl groups is 1. The molecule has 0 spiro atoms. The van der Waals surface area contributed by atoms with Crippen molar-refractivity contribution in [1.82, 2.24) is 0 Å². The highest BCUT2D eigenvalue weighted by Gasteiger charge is 2.17. The number of hydrogen-bond acceptors (Lipinski definition) is 5. The highest BCUT2D eigenvalue weighted by atomic mass is 16.5. The summed E-state index contributed by atoms with van der Waals surface area (Å²) in [5.74, 6) is 0.637. The zero-order valence-corrected chi connectivity index (χ0v) is 17.0. The average molecular weight is 406 g/mol. The molecule has 0 amide bonds. The monoisotopic (exact) mass is 406 g/mol. The maximum absolute atomic E-state index is 11.7. The molecule has 3 aromatic carbocycles. The Morgan fingerprint density at radius 2 is 1.40 bits per heavy atom. The van der Waals surface area contributed by atoms with Gasteiger partial charge in [0.2, 0.25) is 0 Å². The molecule has 1 unspecified atom stereocenters. The number of rotatable bonds is 10. The second kappa shape index (κ2) is 11.0. The highest BCUT2D eigenvalue weighted by molar-refractivity contribution is 5.70. The summed E-state index contributed by atoms with van der Waals surface area (Å²) in [6.07, 6.45) is -1.10. The van der Waals surface area contributed by atoms with Gasteiger partial charge in [-0.15, -0.1) is 0 Å². The fourth-order valence-electron chi connectivity index (χ4n) is 2.93. The summed E-state index contributed by atoms with van der Waals surface area (Å²) < 4.78 is 16.9. The van der Waals surface area contributed by atoms with E-state index in [-0.39, 0.29) is 13.0 Å². The minimum Gasteiger partial charge on any atom is -0.485 e. The van der Waals surface area contributed by atoms with Crippen molar-refractivity contribution in [2.45, 2.75) is 32.7 Å². The molecule has 0 saturated carbocycles. The molecule has 0 saturated heterocycles. The van der Waals surface area contributed by atoms with Gasteiger partial charge in [0.25, 0.3) is 0 Å². The molecule has 5 heteroatoms. The molecule has 156 valence electrons. The molecule has 0 aliphatic carbocycles. The van der Waals surface area contributed by atoms with E-state index in [1.165, 1.54) is 0 Å². The van der Waals surface area contributed by atoms with Gasteiger partial charge in [-0.2, -0.15) is 0 Å². The van der Waals surface area contributed by atoms with Crippen LogP contribution in [0, 0.1) is 0 Å². The minimum absolute atomic E-state index is 0.115. The van der Waals surface area contributed by atoms with Crippen molar-refractivity contribution >= 4 is 5.97 Å². The van der Waals surface area contributed by atoms with Gasteiger partial charge in [0, 0.05) is 0 Å². The fraction of sp³-hybridized carbons (Fsp3) is 0.240. The summed E-state index contributed by atoms with van der Waals surface area (Å²) in [5.41, 5.74) is 2.63. The van der Waals surface area contributed by atoms with E-state index in [0.717, 1.165) is 11.1 Å². The van der Waals surface area contributed by atoms with Gasteiger partial charge in [-0.1, -0.05) is 66.7 Å². The minimum atomic E-state index is -0.980. The van der Waals surface area contributed by atoms with E-state index >= 15 is 0 Å². The Morgan fingerprint density at radius 1 is 0.833 bits per heavy atom. The normalized spacial score (nSPS) is 11.5. The Labute approximate surface area is 176 Å². The van der Waals surface area contributed by atoms with Crippen LogP contribution in [-0.2, 0) is 22.7 Å². The van der Waals surface area contributed by atoms with E-state index in [4.69, 9.17) is 14.2 Å². The van der Waals surface area contributed by atoms with E-state index in [0.29, 0.717) is 30.3 Å². The summed E-state index contributed by atoms with van der Waals surface area (Å²) in [7, 11) is 0. The molecule has 30 heavy (non-hydrogen) atoms. The van der Waals surface area contributed by atoms with E-state index in [9.17, 15) is 9.90 Å². The summed E-state index contributed by atoms with van der Waals surface area (Å²) in [5, 5.41) is 10.4. The summed E-state index contributed by atoms with van der Waals surface area (Å²) >= 11 is 0. The van der Waals surface area contributed by atoms with E-state index in [1.807, 2.05) is 60.7 Å². The van der Waals surface area contributed by atoms with Crippen LogP contribution in [0.4, 0.5) is 0 Å². The molecule has 0 aliphatic heterocycles. The molecule has 0 aromatic heterocycles. The molecule has 0 radical (unpaired) electrons. The maximum atomic E-state index is 11.7. The number of carbonyl (C=O) groups excluding carboxylic acids is 1. The molecule has 0 bridgehead atoms. The van der Waals surface area contributed by atoms with Crippen molar-refractivity contribution < 1.29 is 24.1 Å². The first-order valence-electron chi connectivity index (χ1n) is 9.96. The number of benzene rings is 3. The molecule has 5 nitrogen and oxygen atoms in total. The lowest BCUT2D eigenvalue weighted by molar-refractivity contribution is -0.145. The van der Waals surface area contributed by atoms with Gasteiger partial charge in [-0.05, 0) is 35.7 Å². The number of hydrogen-bond donors (Lipinski definition) is 1. The third kappa shape index (κ3) is 6.36. The molecule has 3 rings (SSSR count). The molecule has 1 atom stereocenters. The number of esters is 1. The fourth-order valence-corrected chi connectivity index (χ4v) is 2.93. The van der Waals surface area contributed by atoms with Gasteiger partial charge < -0.3 is 19.3 Å². The second-order valence-electron chi connectivity index (χ2n) is 6.78. The lowest BCUT2D eigenvalue weighted by Gasteiger charge is -2.16. The molecular weight excluding hydrogens is 380 g/mol. The summed E-state index contributed by atoms with van der Waals surface area (Å²) in [4.78, 5) is 11.7. The third-order valence-electron chi connectivity index (χ3n) is 4.49. The number of carbonyl (C=O) groups is 1. The maximum Gasteiger partial charge on any atom is 0.308 e. The van der Waals surface area contributed by atoms with Crippen molar-refractivity contribution in [1.29, 1.82) is 0 Å². The van der Waals surface area contributed by atoms with Crippen molar-refractivity contribution in [2.75, 3.05) is 6.61 Å². The van der Waals surface area contributed by atoms with Crippen molar-refractivity contribution in [3.05, 3.63) is 95.6 Å². The zero-order chi connectivity index (χ0) is 21.2. The average Bonchev–Trinajstić information content (AvgIpc) is 2.78. The van der Waals surface area contributed by atoms with Crippen LogP contribution in [-0.4, -0.2) is 17.7 Å². The molecule has 0 aliphatic rings. The van der Waals surface area contributed by atoms with E-state index in [1.54, 1.807) is 25.1 Å². The largest absolute Gasteiger partial charge is 0.485 e. The van der Waals surface area contributed by atoms with Gasteiger partial charge >= 0.3 is 5.97 Å². The first-order chi connectivity index (χ1) is 14.7. The Bertz CT molecular complexity index is 925. The Balaban J connectivity index is 1.76. The van der Waals surface area contributed by atoms with Gasteiger partial charge in [-0.25, -0.2) is 0 Å². The number of aliphatic hydroxyl groups excluding tert-OH is 1. The molecular formula is C25H26O5. The van der Waals surface area contributed by atoms with Crippen LogP contribution in [0.15, 0.2) is 78.9 Å². The van der Waals surface area contributed by atoms with Crippen LogP contribution in [0.2, 0.25) is 0 Å². The molecule has 0 heterocycles. The second-order valence-corrected chi connectivity index (χ2v) is 6.78. The summed E-state index contributed by atoms with van der Waals surface area (Å²) in [6, 6.07) is 24.9. The zero-order valence-electron chi connectivity index (χ0n) is 17.0. The molecule has 3 aromatic rings. The molecule has 1 N–H and O–H groups in total. The standard InChI is InChI=1S/C25H26O5/c1-2-28-25(27)16-22(26)21-13-14-23(29-17-19-9-5-3-6-10-19)24(15-21)30-18-20-11-7-4-8-12-20/h3-15,22,26H,2,16-18H2,1H3. The topological polar surface area (TPSA) is 65.0 Å². The SMILES string of the molecule is CCOC(=O)CC(O)c1ccc(OCc2ccccc2)c(OCc2ccccc2)c1. The van der Waals surface area contributed by atoms with Crippen molar-refractivity contribution in [3.8, 4) is 11.5 Å². The first kappa shape index (κ1) is 21.4. The Hall–Kier alpha value is -3.31. The predicted molar refractivity (Wildman–Crippen MR) is 114 cm³/mol. The highest BCUT2D eigenvalue weighted by Crippen LogP contribution is 2.33. The Kier molecular flexibility index (Phi) is 7.86. The smallest absolute Gasteiger partial charge is 0.308 e. The number of ether oxygens (including phenoxy) is 3. The lowest BCUT2D eigenvalue weighted by Crippen LogP contribution is -2.10. The van der Waals surface area contributed by atoms with Crippen LogP contribution in [0.25, 0.3) is 0 Å². The lowest BCUT2D eigenvalue weighted by atomic mass is 10.1. The van der Waals surface area contributed by atoms with Gasteiger partial charge in [0.1, 0.15) is 13.2 Å². The van der Waals surface area contributed by atoms with E-state index in [2.05, 4.69) is 0 Å². The van der Waals surface area contributed by atoms with Crippen molar-refractivity contribution in [2.24, 2.45) is 0 Å². The predicted octanol–water partition coefficient (Wildman–Crippen LogP) is 4.83. The van der Waals surface area contributed by atoms with Crippen LogP contribution in [0.3, 0.4) is 0 Å².